The average Bonchev–Trinajstić information content (AvgIpc) is 2.15. The number of benzene rings is 1. The molecule has 0 bridgehead atoms. The van der Waals surface area contributed by atoms with Crippen molar-refractivity contribution in [3.05, 3.63) is 33.8 Å². The second-order valence-electron chi connectivity index (χ2n) is 4.01. The molecule has 0 spiro atoms. The van der Waals surface area contributed by atoms with E-state index < -0.39 is 9.84 Å². The summed E-state index contributed by atoms with van der Waals surface area (Å²) in [7, 11) is -2.94. The summed E-state index contributed by atoms with van der Waals surface area (Å²) in [4.78, 5) is 0. The van der Waals surface area contributed by atoms with E-state index in [0.29, 0.717) is 28.5 Å². The number of nitrogens with two attached hydrogens (primary N) is 1. The first-order chi connectivity index (χ1) is 7.81. The van der Waals surface area contributed by atoms with E-state index in [4.69, 9.17) is 28.9 Å². The summed E-state index contributed by atoms with van der Waals surface area (Å²) in [5.74, 6) is 0.128. The Morgan fingerprint density at radius 1 is 1.29 bits per heavy atom. The fraction of sp³-hybridized carbons (Fsp3) is 0.455. The van der Waals surface area contributed by atoms with Crippen molar-refractivity contribution in [3.63, 3.8) is 0 Å². The Bertz CT molecular complexity index is 468. The van der Waals surface area contributed by atoms with Crippen LogP contribution >= 0.6 is 23.2 Å². The van der Waals surface area contributed by atoms with Crippen LogP contribution in [0.5, 0.6) is 0 Å². The van der Waals surface area contributed by atoms with Gasteiger partial charge in [0.2, 0.25) is 0 Å². The van der Waals surface area contributed by atoms with Gasteiger partial charge in [0.05, 0.1) is 0 Å². The molecule has 0 aliphatic rings. The summed E-state index contributed by atoms with van der Waals surface area (Å²) in [6.45, 7) is 0. The highest BCUT2D eigenvalue weighted by Crippen LogP contribution is 2.31. The Balaban J connectivity index is 2.67. The van der Waals surface area contributed by atoms with Crippen molar-refractivity contribution in [2.75, 3.05) is 12.0 Å². The topological polar surface area (TPSA) is 60.2 Å². The van der Waals surface area contributed by atoms with Crippen LogP contribution in [0.4, 0.5) is 0 Å². The van der Waals surface area contributed by atoms with E-state index in [1.165, 1.54) is 6.26 Å². The molecule has 0 aromatic heterocycles. The zero-order valence-electron chi connectivity index (χ0n) is 9.49. The van der Waals surface area contributed by atoms with Gasteiger partial charge in [-0.25, -0.2) is 8.42 Å². The van der Waals surface area contributed by atoms with Crippen molar-refractivity contribution >= 4 is 33.0 Å². The number of rotatable bonds is 5. The van der Waals surface area contributed by atoms with Crippen LogP contribution in [0.15, 0.2) is 18.2 Å². The van der Waals surface area contributed by atoms with Gasteiger partial charge in [0, 0.05) is 33.7 Å². The molecule has 0 aliphatic heterocycles. The van der Waals surface area contributed by atoms with Gasteiger partial charge in [0.25, 0.3) is 0 Å². The summed E-state index contributed by atoms with van der Waals surface area (Å²) >= 11 is 12.0. The molecular weight excluding hydrogens is 281 g/mol. The standard InChI is InChI=1S/C11H15Cl2NO2S/c1-17(15,16)7-3-6-10(14)11-8(12)4-2-5-9(11)13/h2,4-5,10H,3,6-7,14H2,1H3. The Labute approximate surface area is 112 Å². The van der Waals surface area contributed by atoms with Crippen molar-refractivity contribution < 1.29 is 8.42 Å². The van der Waals surface area contributed by atoms with Gasteiger partial charge < -0.3 is 5.73 Å². The second-order valence-corrected chi connectivity index (χ2v) is 7.09. The SMILES string of the molecule is CS(=O)(=O)CCCC(N)c1c(Cl)cccc1Cl. The van der Waals surface area contributed by atoms with Crippen molar-refractivity contribution in [2.45, 2.75) is 18.9 Å². The fourth-order valence-electron chi connectivity index (χ4n) is 1.57. The quantitative estimate of drug-likeness (QED) is 0.909. The molecule has 1 atom stereocenters. The normalized spacial score (nSPS) is 13.6. The van der Waals surface area contributed by atoms with E-state index in [2.05, 4.69) is 0 Å². The predicted octanol–water partition coefficient (Wildman–Crippen LogP) is 2.82. The smallest absolute Gasteiger partial charge is 0.147 e. The molecule has 6 heteroatoms. The van der Waals surface area contributed by atoms with Gasteiger partial charge in [-0.2, -0.15) is 0 Å². The first-order valence-electron chi connectivity index (χ1n) is 5.18. The number of hydrogen-bond donors (Lipinski definition) is 1. The lowest BCUT2D eigenvalue weighted by molar-refractivity contribution is 0.588. The Morgan fingerprint density at radius 3 is 2.29 bits per heavy atom. The van der Waals surface area contributed by atoms with Gasteiger partial charge in [-0.05, 0) is 25.0 Å². The van der Waals surface area contributed by atoms with E-state index in [9.17, 15) is 8.42 Å². The Kier molecular flexibility index (Phi) is 5.25. The van der Waals surface area contributed by atoms with Crippen molar-refractivity contribution in [1.82, 2.24) is 0 Å². The largest absolute Gasteiger partial charge is 0.324 e. The highest BCUT2D eigenvalue weighted by molar-refractivity contribution is 7.90. The molecule has 1 aromatic rings. The molecule has 0 heterocycles. The molecule has 96 valence electrons. The lowest BCUT2D eigenvalue weighted by atomic mass is 10.0. The van der Waals surface area contributed by atoms with Gasteiger partial charge >= 0.3 is 0 Å². The summed E-state index contributed by atoms with van der Waals surface area (Å²) in [5, 5.41) is 1.04. The molecule has 0 amide bonds. The summed E-state index contributed by atoms with van der Waals surface area (Å²) in [6.07, 6.45) is 2.25. The third-order valence-corrected chi connectivity index (χ3v) is 4.09. The molecule has 1 aromatic carbocycles. The van der Waals surface area contributed by atoms with Crippen molar-refractivity contribution in [3.8, 4) is 0 Å². The van der Waals surface area contributed by atoms with Gasteiger partial charge in [0.15, 0.2) is 0 Å². The van der Waals surface area contributed by atoms with Crippen LogP contribution in [-0.4, -0.2) is 20.4 Å². The zero-order chi connectivity index (χ0) is 13.1. The number of hydrogen-bond acceptors (Lipinski definition) is 3. The molecular formula is C11H15Cl2NO2S. The molecule has 0 aliphatic carbocycles. The minimum atomic E-state index is -2.94. The van der Waals surface area contributed by atoms with Crippen LogP contribution in [-0.2, 0) is 9.84 Å². The number of halogens is 2. The van der Waals surface area contributed by atoms with Crippen LogP contribution in [0.1, 0.15) is 24.4 Å². The third-order valence-electron chi connectivity index (χ3n) is 2.40. The van der Waals surface area contributed by atoms with Gasteiger partial charge in [-0.15, -0.1) is 0 Å². The van der Waals surface area contributed by atoms with Gasteiger partial charge in [-0.1, -0.05) is 29.3 Å². The van der Waals surface area contributed by atoms with E-state index in [0.717, 1.165) is 0 Å². The molecule has 0 saturated carbocycles. The highest BCUT2D eigenvalue weighted by Gasteiger charge is 2.14. The van der Waals surface area contributed by atoms with Gasteiger partial charge in [0.1, 0.15) is 9.84 Å². The maximum atomic E-state index is 11.0. The fourth-order valence-corrected chi connectivity index (χ4v) is 2.94. The van der Waals surface area contributed by atoms with Crippen LogP contribution in [0.3, 0.4) is 0 Å². The number of sulfone groups is 1. The van der Waals surface area contributed by atoms with E-state index in [1.54, 1.807) is 18.2 Å². The molecule has 1 unspecified atom stereocenters. The Hall–Kier alpha value is -0.290. The molecule has 0 radical (unpaired) electrons. The van der Waals surface area contributed by atoms with Crippen LogP contribution < -0.4 is 5.73 Å². The monoisotopic (exact) mass is 295 g/mol. The maximum absolute atomic E-state index is 11.0. The van der Waals surface area contributed by atoms with Crippen LogP contribution in [0, 0.1) is 0 Å². The Morgan fingerprint density at radius 2 is 1.82 bits per heavy atom. The average molecular weight is 296 g/mol. The second kappa shape index (κ2) is 6.05. The highest BCUT2D eigenvalue weighted by atomic mass is 35.5. The van der Waals surface area contributed by atoms with Gasteiger partial charge in [-0.3, -0.25) is 0 Å². The summed E-state index contributed by atoms with van der Waals surface area (Å²) in [5.41, 5.74) is 6.65. The zero-order valence-corrected chi connectivity index (χ0v) is 11.8. The summed E-state index contributed by atoms with van der Waals surface area (Å²) in [6, 6.07) is 4.86. The minimum Gasteiger partial charge on any atom is -0.324 e. The molecule has 1 rings (SSSR count). The van der Waals surface area contributed by atoms with Crippen molar-refractivity contribution in [2.24, 2.45) is 5.73 Å². The first kappa shape index (κ1) is 14.8. The predicted molar refractivity (Wildman–Crippen MR) is 72.3 cm³/mol. The third kappa shape index (κ3) is 4.84. The molecule has 3 nitrogen and oxygen atoms in total. The van der Waals surface area contributed by atoms with E-state index in [-0.39, 0.29) is 11.8 Å². The molecule has 0 fully saturated rings. The van der Waals surface area contributed by atoms with Crippen LogP contribution in [0.2, 0.25) is 10.0 Å². The van der Waals surface area contributed by atoms with E-state index in [1.807, 2.05) is 0 Å². The molecule has 0 saturated heterocycles. The lowest BCUT2D eigenvalue weighted by Gasteiger charge is -2.14. The van der Waals surface area contributed by atoms with Crippen LogP contribution in [0.25, 0.3) is 0 Å². The summed E-state index contributed by atoms with van der Waals surface area (Å²) < 4.78 is 22.0. The molecule has 17 heavy (non-hydrogen) atoms. The maximum Gasteiger partial charge on any atom is 0.147 e. The first-order valence-corrected chi connectivity index (χ1v) is 8.00. The van der Waals surface area contributed by atoms with Crippen molar-refractivity contribution in [1.29, 1.82) is 0 Å². The van der Waals surface area contributed by atoms with E-state index >= 15 is 0 Å². The molecule has 2 N–H and O–H groups in total. The minimum absolute atomic E-state index is 0.128. The lowest BCUT2D eigenvalue weighted by Crippen LogP contribution is -2.13.